The number of carbonyl (C=O) groups is 1. The number of likely N-dealkylation sites (tertiary alicyclic amines) is 2. The summed E-state index contributed by atoms with van der Waals surface area (Å²) in [4.78, 5) is 26.0. The molecule has 1 aliphatic carbocycles. The maximum absolute atomic E-state index is 11.5. The molecule has 2 N–H and O–H groups in total. The maximum Gasteiger partial charge on any atom is 0.304 e. The van der Waals surface area contributed by atoms with Crippen LogP contribution in [0.25, 0.3) is 16.5 Å². The van der Waals surface area contributed by atoms with Crippen molar-refractivity contribution in [3.63, 3.8) is 0 Å². The summed E-state index contributed by atoms with van der Waals surface area (Å²) in [5.74, 6) is -0.0243. The Bertz CT molecular complexity index is 1550. The largest absolute Gasteiger partial charge is 0.481 e. The Morgan fingerprint density at radius 2 is 1.93 bits per heavy atom. The molecule has 2 aromatic heterocycles. The molecule has 4 heterocycles. The van der Waals surface area contributed by atoms with Gasteiger partial charge >= 0.3 is 5.97 Å². The van der Waals surface area contributed by atoms with Gasteiger partial charge in [-0.15, -0.1) is 0 Å². The molecule has 0 radical (unpaired) electrons. The number of piperidine rings is 1. The Morgan fingerprint density at radius 1 is 1.11 bits per heavy atom. The first kappa shape index (κ1) is 31.4. The third-order valence-corrected chi connectivity index (χ3v) is 9.86. The summed E-state index contributed by atoms with van der Waals surface area (Å²) in [5, 5.41) is 14.2. The highest BCUT2D eigenvalue weighted by Crippen LogP contribution is 2.40. The van der Waals surface area contributed by atoms with Crippen LogP contribution >= 0.6 is 0 Å². The fraction of sp³-hybridized carbons (Fsp3) is 0.486. The quantitative estimate of drug-likeness (QED) is 0.174. The fourth-order valence-electron chi connectivity index (χ4n) is 7.33. The second kappa shape index (κ2) is 14.2. The third kappa shape index (κ3) is 7.29. The van der Waals surface area contributed by atoms with E-state index in [9.17, 15) is 9.90 Å². The van der Waals surface area contributed by atoms with Gasteiger partial charge < -0.3 is 20.1 Å². The molecule has 0 bridgehead atoms. The third-order valence-electron chi connectivity index (χ3n) is 9.86. The molecule has 3 aromatic rings. The smallest absolute Gasteiger partial charge is 0.304 e. The van der Waals surface area contributed by atoms with Crippen LogP contribution in [-0.4, -0.2) is 75.4 Å². The first-order valence-electron chi connectivity index (χ1n) is 16.7. The molecule has 2 fully saturated rings. The predicted molar refractivity (Wildman–Crippen MR) is 180 cm³/mol. The number of aromatic nitrogens is 2. The summed E-state index contributed by atoms with van der Waals surface area (Å²) in [6.45, 7) is 10.1. The van der Waals surface area contributed by atoms with Gasteiger partial charge in [-0.2, -0.15) is 0 Å². The number of nitrogens with zero attached hydrogens (tertiary/aromatic N) is 4. The van der Waals surface area contributed by atoms with E-state index in [0.29, 0.717) is 19.0 Å². The highest BCUT2D eigenvalue weighted by atomic mass is 16.5. The van der Waals surface area contributed by atoms with E-state index < -0.39 is 11.7 Å². The molecule has 0 spiro atoms. The molecule has 8 heteroatoms. The molecule has 1 aromatic carbocycles. The van der Waals surface area contributed by atoms with E-state index in [4.69, 9.17) is 14.7 Å². The van der Waals surface area contributed by atoms with Crippen molar-refractivity contribution in [2.45, 2.75) is 77.1 Å². The lowest BCUT2D eigenvalue weighted by atomic mass is 9.80. The second-order valence-corrected chi connectivity index (χ2v) is 13.0. The average molecular weight is 610 g/mol. The number of ether oxygens (including phenoxy) is 1. The van der Waals surface area contributed by atoms with Gasteiger partial charge in [0.25, 0.3) is 0 Å². The number of aliphatic carboxylic acids is 1. The molecule has 2 aliphatic heterocycles. The van der Waals surface area contributed by atoms with Crippen molar-refractivity contribution in [1.82, 2.24) is 19.8 Å². The van der Waals surface area contributed by atoms with Gasteiger partial charge in [0, 0.05) is 42.8 Å². The van der Waals surface area contributed by atoms with Crippen molar-refractivity contribution in [2.75, 3.05) is 38.1 Å². The first-order valence-corrected chi connectivity index (χ1v) is 16.7. The second-order valence-electron chi connectivity index (χ2n) is 13.0. The zero-order valence-electron chi connectivity index (χ0n) is 26.8. The van der Waals surface area contributed by atoms with Crippen LogP contribution in [0.3, 0.4) is 0 Å². The van der Waals surface area contributed by atoms with Gasteiger partial charge in [0.1, 0.15) is 5.52 Å². The molecule has 3 atom stereocenters. The Morgan fingerprint density at radius 3 is 2.76 bits per heavy atom. The Hall–Kier alpha value is -3.59. The molecule has 45 heavy (non-hydrogen) atoms. The molecular weight excluding hydrogens is 562 g/mol. The average Bonchev–Trinajstić information content (AvgIpc) is 3.56. The van der Waals surface area contributed by atoms with Crippen molar-refractivity contribution in [3.8, 4) is 0 Å². The van der Waals surface area contributed by atoms with E-state index in [0.717, 1.165) is 55.2 Å². The van der Waals surface area contributed by atoms with Crippen LogP contribution in [0.4, 0.5) is 5.82 Å². The minimum atomic E-state index is -0.795. The van der Waals surface area contributed by atoms with Crippen LogP contribution in [0.15, 0.2) is 67.0 Å². The van der Waals surface area contributed by atoms with Gasteiger partial charge in [0.05, 0.1) is 13.0 Å². The number of rotatable bonds is 12. The van der Waals surface area contributed by atoms with Crippen LogP contribution in [0.2, 0.25) is 0 Å². The van der Waals surface area contributed by atoms with E-state index in [1.165, 1.54) is 42.6 Å². The lowest BCUT2D eigenvalue weighted by molar-refractivity contribution is -0.138. The van der Waals surface area contributed by atoms with E-state index in [1.807, 2.05) is 18.5 Å². The zero-order chi connectivity index (χ0) is 31.2. The summed E-state index contributed by atoms with van der Waals surface area (Å²) in [5.41, 5.74) is 4.79. The standard InChI is InChI=1S/C37H47N5O3/c1-27-11-3-4-13-32(27)33-14-9-16-37(28(33)2,45-22-10-20-41-18-7-8-19-41)40-36-35-30(15-17-38-36)23-29(25-39-35)26-42-21-6-5-12-31(42)24-34(43)44/h3-4,9,11,13-17,23,25,28,31H,5-8,10,12,18-22,24,26H2,1-2H3,(H,38,40)(H,43,44). The van der Waals surface area contributed by atoms with Crippen LogP contribution in [0, 0.1) is 12.8 Å². The molecule has 0 saturated carbocycles. The normalized spacial score (nSPS) is 24.2. The monoisotopic (exact) mass is 609 g/mol. The minimum absolute atomic E-state index is 0.0111. The van der Waals surface area contributed by atoms with E-state index in [2.05, 4.69) is 77.5 Å². The highest BCUT2D eigenvalue weighted by Gasteiger charge is 2.40. The lowest BCUT2D eigenvalue weighted by Crippen LogP contribution is -2.47. The summed E-state index contributed by atoms with van der Waals surface area (Å²) >= 11 is 0. The maximum atomic E-state index is 11.5. The van der Waals surface area contributed by atoms with Crippen molar-refractivity contribution in [3.05, 3.63) is 83.7 Å². The Balaban J connectivity index is 1.26. The van der Waals surface area contributed by atoms with Crippen molar-refractivity contribution < 1.29 is 14.6 Å². The fourth-order valence-corrected chi connectivity index (χ4v) is 7.33. The SMILES string of the molecule is Cc1ccccc1C1=CC=CC(Nc2nccc3cc(CN4CCCCC4CC(=O)O)cnc23)(OCCCN2CCCC2)C1C. The molecule has 6 rings (SSSR count). The number of aryl methyl sites for hydroxylation is 1. The van der Waals surface area contributed by atoms with Gasteiger partial charge in [-0.1, -0.05) is 49.8 Å². The number of pyridine rings is 2. The Labute approximate surface area is 267 Å². The number of fused-ring (bicyclic) bond motifs is 1. The summed E-state index contributed by atoms with van der Waals surface area (Å²) in [6, 6.07) is 12.8. The summed E-state index contributed by atoms with van der Waals surface area (Å²) < 4.78 is 6.87. The minimum Gasteiger partial charge on any atom is -0.481 e. The number of carboxylic acids is 1. The molecular formula is C37H47N5O3. The van der Waals surface area contributed by atoms with E-state index in [1.54, 1.807) is 0 Å². The Kier molecular flexibility index (Phi) is 9.93. The number of nitrogens with one attached hydrogen (secondary N) is 1. The van der Waals surface area contributed by atoms with Gasteiger partial charge in [-0.3, -0.25) is 14.7 Å². The number of allylic oxidation sites excluding steroid dienone is 2. The zero-order valence-corrected chi connectivity index (χ0v) is 26.8. The van der Waals surface area contributed by atoms with E-state index in [-0.39, 0.29) is 18.4 Å². The predicted octanol–water partition coefficient (Wildman–Crippen LogP) is 6.67. The molecule has 3 aliphatic rings. The number of hydrogen-bond acceptors (Lipinski definition) is 7. The molecule has 238 valence electrons. The van der Waals surface area contributed by atoms with Crippen LogP contribution in [-0.2, 0) is 16.1 Å². The van der Waals surface area contributed by atoms with Crippen molar-refractivity contribution in [2.24, 2.45) is 5.92 Å². The van der Waals surface area contributed by atoms with Crippen LogP contribution < -0.4 is 5.32 Å². The first-order chi connectivity index (χ1) is 21.9. The number of anilines is 1. The molecule has 8 nitrogen and oxygen atoms in total. The molecule has 0 amide bonds. The number of hydrogen-bond donors (Lipinski definition) is 2. The van der Waals surface area contributed by atoms with Crippen molar-refractivity contribution in [1.29, 1.82) is 0 Å². The highest BCUT2D eigenvalue weighted by molar-refractivity contribution is 5.89. The number of carboxylic acid groups (broad SMARTS) is 1. The van der Waals surface area contributed by atoms with Gasteiger partial charge in [-0.05, 0) is 99.1 Å². The van der Waals surface area contributed by atoms with Gasteiger partial charge in [0.15, 0.2) is 11.5 Å². The molecule has 3 unspecified atom stereocenters. The van der Waals surface area contributed by atoms with Gasteiger partial charge in [-0.25, -0.2) is 4.98 Å². The topological polar surface area (TPSA) is 90.8 Å². The van der Waals surface area contributed by atoms with Gasteiger partial charge in [0.2, 0.25) is 0 Å². The summed E-state index contributed by atoms with van der Waals surface area (Å²) in [7, 11) is 0. The van der Waals surface area contributed by atoms with Crippen molar-refractivity contribution >= 4 is 28.3 Å². The van der Waals surface area contributed by atoms with Crippen LogP contribution in [0.1, 0.15) is 68.6 Å². The molecule has 2 saturated heterocycles. The lowest BCUT2D eigenvalue weighted by Gasteiger charge is -2.41. The van der Waals surface area contributed by atoms with E-state index >= 15 is 0 Å². The summed E-state index contributed by atoms with van der Waals surface area (Å²) in [6.07, 6.45) is 17.1. The van der Waals surface area contributed by atoms with Crippen LogP contribution in [0.5, 0.6) is 0 Å². The number of benzene rings is 1.